The fourth-order valence-corrected chi connectivity index (χ4v) is 2.48. The van der Waals surface area contributed by atoms with E-state index in [9.17, 15) is 0 Å². The van der Waals surface area contributed by atoms with E-state index in [2.05, 4.69) is 52.7 Å². The van der Waals surface area contributed by atoms with Crippen LogP contribution < -0.4 is 10.2 Å². The molecular formula is C15H18N2O. The van der Waals surface area contributed by atoms with E-state index >= 15 is 0 Å². The van der Waals surface area contributed by atoms with Crippen LogP contribution in [0.1, 0.15) is 0 Å². The predicted octanol–water partition coefficient (Wildman–Crippen LogP) is 2.22. The summed E-state index contributed by atoms with van der Waals surface area (Å²) in [4.78, 5) is 2.37. The number of rotatable bonds is 2. The van der Waals surface area contributed by atoms with Gasteiger partial charge in [0.1, 0.15) is 6.23 Å². The van der Waals surface area contributed by atoms with Crippen LogP contribution in [0.25, 0.3) is 10.8 Å². The Hall–Kier alpha value is -1.58. The molecule has 0 saturated carbocycles. The molecule has 1 heterocycles. The highest BCUT2D eigenvalue weighted by atomic mass is 16.5. The van der Waals surface area contributed by atoms with Crippen molar-refractivity contribution in [2.75, 3.05) is 31.6 Å². The monoisotopic (exact) mass is 242 g/mol. The van der Waals surface area contributed by atoms with Gasteiger partial charge in [0, 0.05) is 25.9 Å². The van der Waals surface area contributed by atoms with Crippen LogP contribution in [0.3, 0.4) is 0 Å². The average Bonchev–Trinajstić information content (AvgIpc) is 2.47. The summed E-state index contributed by atoms with van der Waals surface area (Å²) in [7, 11) is 1.75. The van der Waals surface area contributed by atoms with E-state index in [4.69, 9.17) is 4.74 Å². The van der Waals surface area contributed by atoms with Crippen LogP contribution in [0.4, 0.5) is 5.69 Å². The number of ether oxygens (including phenoxy) is 1. The fourth-order valence-electron chi connectivity index (χ4n) is 2.48. The summed E-state index contributed by atoms with van der Waals surface area (Å²) in [5, 5.41) is 5.93. The number of hydrogen-bond acceptors (Lipinski definition) is 3. The summed E-state index contributed by atoms with van der Waals surface area (Å²) in [5.74, 6) is 0. The first-order valence-corrected chi connectivity index (χ1v) is 6.37. The number of piperazine rings is 1. The van der Waals surface area contributed by atoms with E-state index in [1.165, 1.54) is 16.5 Å². The molecule has 94 valence electrons. The number of nitrogens with zero attached hydrogens (tertiary/aromatic N) is 1. The molecule has 3 heteroatoms. The number of benzene rings is 2. The van der Waals surface area contributed by atoms with E-state index < -0.39 is 0 Å². The molecule has 3 nitrogen and oxygen atoms in total. The summed E-state index contributed by atoms with van der Waals surface area (Å²) in [6, 6.07) is 15.1. The van der Waals surface area contributed by atoms with Gasteiger partial charge in [-0.2, -0.15) is 0 Å². The fraction of sp³-hybridized carbons (Fsp3) is 0.333. The molecule has 2 aromatic rings. The lowest BCUT2D eigenvalue weighted by Gasteiger charge is -2.34. The Morgan fingerprint density at radius 2 is 2.00 bits per heavy atom. The SMILES string of the molecule is COC1CN(c2ccc3ccccc3c2)CCN1. The van der Waals surface area contributed by atoms with Crippen LogP contribution in [0.2, 0.25) is 0 Å². The van der Waals surface area contributed by atoms with Crippen molar-refractivity contribution in [3.05, 3.63) is 42.5 Å². The van der Waals surface area contributed by atoms with Crippen LogP contribution in [0, 0.1) is 0 Å². The van der Waals surface area contributed by atoms with Gasteiger partial charge >= 0.3 is 0 Å². The summed E-state index contributed by atoms with van der Waals surface area (Å²) in [6.07, 6.45) is 0.130. The highest BCUT2D eigenvalue weighted by Gasteiger charge is 2.18. The van der Waals surface area contributed by atoms with Gasteiger partial charge in [-0.25, -0.2) is 0 Å². The third-order valence-corrected chi connectivity index (χ3v) is 3.52. The molecule has 0 amide bonds. The molecule has 18 heavy (non-hydrogen) atoms. The Morgan fingerprint density at radius 1 is 1.17 bits per heavy atom. The van der Waals surface area contributed by atoms with Crippen molar-refractivity contribution < 1.29 is 4.74 Å². The number of methoxy groups -OCH3 is 1. The smallest absolute Gasteiger partial charge is 0.125 e. The van der Waals surface area contributed by atoms with Crippen molar-refractivity contribution in [2.24, 2.45) is 0 Å². The second-order valence-corrected chi connectivity index (χ2v) is 4.66. The first-order chi connectivity index (χ1) is 8.86. The molecule has 2 aromatic carbocycles. The molecule has 0 aliphatic carbocycles. The lowest BCUT2D eigenvalue weighted by atomic mass is 10.1. The first kappa shape index (κ1) is 11.5. The highest BCUT2D eigenvalue weighted by Crippen LogP contribution is 2.22. The van der Waals surface area contributed by atoms with E-state index in [-0.39, 0.29) is 6.23 Å². The van der Waals surface area contributed by atoms with Gasteiger partial charge in [-0.05, 0) is 22.9 Å². The van der Waals surface area contributed by atoms with Crippen LogP contribution in [0.5, 0.6) is 0 Å². The molecule has 1 unspecified atom stereocenters. The third kappa shape index (κ3) is 2.19. The second kappa shape index (κ2) is 4.96. The van der Waals surface area contributed by atoms with Crippen molar-refractivity contribution in [1.29, 1.82) is 0 Å². The van der Waals surface area contributed by atoms with Gasteiger partial charge in [-0.3, -0.25) is 5.32 Å². The molecule has 1 fully saturated rings. The standard InChI is InChI=1S/C15H18N2O/c1-18-15-11-17(9-8-16-15)14-7-6-12-4-2-3-5-13(12)10-14/h2-7,10,15-16H,8-9,11H2,1H3. The largest absolute Gasteiger partial charge is 0.366 e. The Balaban J connectivity index is 1.89. The van der Waals surface area contributed by atoms with Gasteiger partial charge in [0.15, 0.2) is 0 Å². The number of hydrogen-bond donors (Lipinski definition) is 1. The molecule has 0 aromatic heterocycles. The van der Waals surface area contributed by atoms with Crippen LogP contribution >= 0.6 is 0 Å². The molecule has 1 atom stereocenters. The molecule has 1 aliphatic heterocycles. The molecule has 1 aliphatic rings. The number of anilines is 1. The van der Waals surface area contributed by atoms with E-state index in [1.54, 1.807) is 7.11 Å². The summed E-state index contributed by atoms with van der Waals surface area (Å²) >= 11 is 0. The molecule has 1 N–H and O–H groups in total. The van der Waals surface area contributed by atoms with Crippen molar-refractivity contribution in [2.45, 2.75) is 6.23 Å². The number of fused-ring (bicyclic) bond motifs is 1. The minimum Gasteiger partial charge on any atom is -0.366 e. The van der Waals surface area contributed by atoms with Gasteiger partial charge < -0.3 is 9.64 Å². The van der Waals surface area contributed by atoms with Gasteiger partial charge in [-0.1, -0.05) is 30.3 Å². The maximum absolute atomic E-state index is 5.38. The molecule has 0 radical (unpaired) electrons. The Labute approximate surface area is 107 Å². The molecule has 0 bridgehead atoms. The Kier molecular flexibility index (Phi) is 3.17. The normalized spacial score (nSPS) is 20.3. The van der Waals surface area contributed by atoms with Crippen LogP contribution in [-0.4, -0.2) is 33.0 Å². The zero-order valence-corrected chi connectivity index (χ0v) is 10.6. The quantitative estimate of drug-likeness (QED) is 0.874. The topological polar surface area (TPSA) is 24.5 Å². The van der Waals surface area contributed by atoms with Crippen molar-refractivity contribution in [1.82, 2.24) is 5.32 Å². The van der Waals surface area contributed by atoms with Gasteiger partial charge in [0.25, 0.3) is 0 Å². The average molecular weight is 242 g/mol. The molecule has 3 rings (SSSR count). The van der Waals surface area contributed by atoms with E-state index in [0.717, 1.165) is 19.6 Å². The van der Waals surface area contributed by atoms with Crippen molar-refractivity contribution in [3.8, 4) is 0 Å². The van der Waals surface area contributed by atoms with E-state index in [0.29, 0.717) is 0 Å². The zero-order chi connectivity index (χ0) is 12.4. The summed E-state index contributed by atoms with van der Waals surface area (Å²) in [6.45, 7) is 2.89. The molecule has 0 spiro atoms. The van der Waals surface area contributed by atoms with E-state index in [1.807, 2.05) is 0 Å². The lowest BCUT2D eigenvalue weighted by Crippen LogP contribution is -2.51. The molecule has 1 saturated heterocycles. The minimum absolute atomic E-state index is 0.130. The van der Waals surface area contributed by atoms with Gasteiger partial charge in [0.05, 0.1) is 6.54 Å². The maximum Gasteiger partial charge on any atom is 0.125 e. The van der Waals surface area contributed by atoms with Crippen molar-refractivity contribution >= 4 is 16.5 Å². The first-order valence-electron chi connectivity index (χ1n) is 6.37. The summed E-state index contributed by atoms with van der Waals surface area (Å²) < 4.78 is 5.38. The Bertz CT molecular complexity index is 541. The van der Waals surface area contributed by atoms with Crippen molar-refractivity contribution in [3.63, 3.8) is 0 Å². The third-order valence-electron chi connectivity index (χ3n) is 3.52. The van der Waals surface area contributed by atoms with Crippen LogP contribution in [-0.2, 0) is 4.74 Å². The molecular weight excluding hydrogens is 224 g/mol. The van der Waals surface area contributed by atoms with Gasteiger partial charge in [-0.15, -0.1) is 0 Å². The number of nitrogens with one attached hydrogen (secondary N) is 1. The lowest BCUT2D eigenvalue weighted by molar-refractivity contribution is 0.0706. The highest BCUT2D eigenvalue weighted by molar-refractivity contribution is 5.85. The van der Waals surface area contributed by atoms with Crippen LogP contribution in [0.15, 0.2) is 42.5 Å². The maximum atomic E-state index is 5.38. The summed E-state index contributed by atoms with van der Waals surface area (Å²) in [5.41, 5.74) is 1.28. The Morgan fingerprint density at radius 3 is 2.83 bits per heavy atom. The predicted molar refractivity (Wildman–Crippen MR) is 75.0 cm³/mol. The second-order valence-electron chi connectivity index (χ2n) is 4.66. The zero-order valence-electron chi connectivity index (χ0n) is 10.6. The minimum atomic E-state index is 0.130. The van der Waals surface area contributed by atoms with Gasteiger partial charge in [0.2, 0.25) is 0 Å².